The number of imide groups is 1. The Hall–Kier alpha value is -2.20. The molecule has 0 saturated heterocycles. The largest absolute Gasteiger partial charge is 0.443 e. The molecule has 0 saturated carbocycles. The fourth-order valence-corrected chi connectivity index (χ4v) is 2.61. The number of nitriles is 1. The van der Waals surface area contributed by atoms with Gasteiger partial charge in [-0.2, -0.15) is 17.0 Å². The van der Waals surface area contributed by atoms with Crippen LogP contribution >= 0.6 is 11.8 Å². The van der Waals surface area contributed by atoms with Crippen molar-refractivity contribution in [3.63, 3.8) is 0 Å². The van der Waals surface area contributed by atoms with E-state index in [-0.39, 0.29) is 13.1 Å². The second-order valence-electron chi connectivity index (χ2n) is 5.99. The van der Waals surface area contributed by atoms with Crippen LogP contribution in [0.5, 0.6) is 0 Å². The number of carbonyl (C=O) groups is 2. The number of nitrogens with one attached hydrogen (secondary N) is 1. The quantitative estimate of drug-likeness (QED) is 0.629. The molecule has 6 nitrogen and oxygen atoms in total. The van der Waals surface area contributed by atoms with E-state index in [0.717, 1.165) is 10.7 Å². The van der Waals surface area contributed by atoms with Crippen LogP contribution in [-0.2, 0) is 10.5 Å². The molecule has 0 aliphatic carbocycles. The van der Waals surface area contributed by atoms with Gasteiger partial charge in [-0.25, -0.2) is 14.5 Å². The van der Waals surface area contributed by atoms with Crippen LogP contribution < -0.4 is 5.32 Å². The molecule has 0 fully saturated rings. The van der Waals surface area contributed by atoms with E-state index in [2.05, 4.69) is 5.32 Å². The second kappa shape index (κ2) is 9.83. The van der Waals surface area contributed by atoms with E-state index in [1.165, 1.54) is 5.56 Å². The first-order valence-corrected chi connectivity index (χ1v) is 8.76. The van der Waals surface area contributed by atoms with Gasteiger partial charge in [-0.3, -0.25) is 0 Å². The van der Waals surface area contributed by atoms with E-state index in [0.29, 0.717) is 5.75 Å². The molecule has 130 valence electrons. The highest BCUT2D eigenvalue weighted by Crippen LogP contribution is 2.14. The molecule has 0 aliphatic heterocycles. The molecule has 0 bridgehead atoms. The van der Waals surface area contributed by atoms with Crippen molar-refractivity contribution in [3.8, 4) is 6.07 Å². The Kier molecular flexibility index (Phi) is 8.13. The number of carbonyl (C=O) groups excluding carboxylic acids is 2. The van der Waals surface area contributed by atoms with E-state index >= 15 is 0 Å². The lowest BCUT2D eigenvalue weighted by Gasteiger charge is -2.26. The minimum atomic E-state index is -0.710. The summed E-state index contributed by atoms with van der Waals surface area (Å²) in [6.07, 6.45) is -0.710. The Balaban J connectivity index is 2.56. The summed E-state index contributed by atoms with van der Waals surface area (Å²) in [6.45, 7) is 5.26. The monoisotopic (exact) mass is 349 g/mol. The molecule has 24 heavy (non-hydrogen) atoms. The fraction of sp³-hybridized carbons (Fsp3) is 0.471. The van der Waals surface area contributed by atoms with Gasteiger partial charge in [0.05, 0.1) is 6.07 Å². The van der Waals surface area contributed by atoms with Gasteiger partial charge in [-0.05, 0) is 26.3 Å². The first-order chi connectivity index (χ1) is 11.3. The molecule has 1 rings (SSSR count). The maximum absolute atomic E-state index is 12.2. The Bertz CT molecular complexity index is 579. The molecule has 0 aromatic heterocycles. The number of benzene rings is 1. The lowest BCUT2D eigenvalue weighted by atomic mass is 10.2. The molecule has 1 aromatic rings. The molecular weight excluding hydrogens is 326 g/mol. The average Bonchev–Trinajstić information content (AvgIpc) is 2.51. The third-order valence-corrected chi connectivity index (χ3v) is 3.76. The van der Waals surface area contributed by atoms with Gasteiger partial charge in [-0.15, -0.1) is 0 Å². The first kappa shape index (κ1) is 19.8. The van der Waals surface area contributed by atoms with Gasteiger partial charge in [0.2, 0.25) is 0 Å². The van der Waals surface area contributed by atoms with E-state index in [4.69, 9.17) is 10.00 Å². The number of ether oxygens (including phenoxy) is 1. The predicted octanol–water partition coefficient (Wildman–Crippen LogP) is 3.39. The minimum absolute atomic E-state index is 0.157. The summed E-state index contributed by atoms with van der Waals surface area (Å²) in [5.74, 6) is 1.37. The second-order valence-corrected chi connectivity index (χ2v) is 7.09. The summed E-state index contributed by atoms with van der Waals surface area (Å²) >= 11 is 1.62. The van der Waals surface area contributed by atoms with Crippen molar-refractivity contribution in [1.29, 1.82) is 5.26 Å². The van der Waals surface area contributed by atoms with Gasteiger partial charge < -0.3 is 10.1 Å². The molecule has 0 heterocycles. The van der Waals surface area contributed by atoms with Crippen molar-refractivity contribution in [1.82, 2.24) is 10.2 Å². The Morgan fingerprint density at radius 1 is 1.29 bits per heavy atom. The molecule has 1 aromatic carbocycles. The molecular formula is C17H23N3O3S. The van der Waals surface area contributed by atoms with Crippen LogP contribution in [-0.4, -0.2) is 41.5 Å². The van der Waals surface area contributed by atoms with Crippen LogP contribution in [0.3, 0.4) is 0 Å². The Morgan fingerprint density at radius 3 is 2.54 bits per heavy atom. The molecule has 0 atom stereocenters. The van der Waals surface area contributed by atoms with Gasteiger partial charge >= 0.3 is 12.1 Å². The van der Waals surface area contributed by atoms with E-state index < -0.39 is 17.7 Å². The molecule has 7 heteroatoms. The third kappa shape index (κ3) is 7.88. The van der Waals surface area contributed by atoms with Gasteiger partial charge in [0, 0.05) is 18.1 Å². The van der Waals surface area contributed by atoms with E-state index in [9.17, 15) is 9.59 Å². The van der Waals surface area contributed by atoms with Crippen molar-refractivity contribution in [2.75, 3.05) is 18.8 Å². The molecule has 0 spiro atoms. The Labute approximate surface area is 147 Å². The fourth-order valence-electron chi connectivity index (χ4n) is 1.72. The summed E-state index contributed by atoms with van der Waals surface area (Å²) in [6, 6.07) is 11.1. The molecule has 1 N–H and O–H groups in total. The smallest absolute Gasteiger partial charge is 0.418 e. The summed E-state index contributed by atoms with van der Waals surface area (Å²) < 4.78 is 5.25. The van der Waals surface area contributed by atoms with Crippen LogP contribution in [0.4, 0.5) is 9.59 Å². The van der Waals surface area contributed by atoms with Crippen molar-refractivity contribution in [2.24, 2.45) is 0 Å². The lowest BCUT2D eigenvalue weighted by Crippen LogP contribution is -2.47. The normalized spacial score (nSPS) is 10.6. The first-order valence-electron chi connectivity index (χ1n) is 7.60. The number of amides is 3. The topological polar surface area (TPSA) is 82.4 Å². The zero-order valence-corrected chi connectivity index (χ0v) is 15.1. The average molecular weight is 349 g/mol. The summed E-state index contributed by atoms with van der Waals surface area (Å²) in [5, 5.41) is 10.9. The highest BCUT2D eigenvalue weighted by Gasteiger charge is 2.26. The highest BCUT2D eigenvalue weighted by molar-refractivity contribution is 7.98. The van der Waals surface area contributed by atoms with Crippen molar-refractivity contribution in [3.05, 3.63) is 35.9 Å². The van der Waals surface area contributed by atoms with Gasteiger partial charge in [-0.1, -0.05) is 30.3 Å². The summed E-state index contributed by atoms with van der Waals surface area (Å²) in [7, 11) is 0. The number of hydrogen-bond donors (Lipinski definition) is 1. The van der Waals surface area contributed by atoms with Crippen LogP contribution in [0, 0.1) is 11.3 Å². The maximum atomic E-state index is 12.2. The minimum Gasteiger partial charge on any atom is -0.443 e. The van der Waals surface area contributed by atoms with Crippen LogP contribution in [0.1, 0.15) is 26.3 Å². The van der Waals surface area contributed by atoms with Crippen molar-refractivity contribution >= 4 is 23.9 Å². The standard InChI is InChI=1S/C17H23N3O3S/c1-17(2,3)23-16(22)20(15(21)19-10-9-18)11-12-24-13-14-7-5-4-6-8-14/h4-8H,10-13H2,1-3H3,(H,19,21). The number of nitrogens with zero attached hydrogens (tertiary/aromatic N) is 2. The van der Waals surface area contributed by atoms with Crippen LogP contribution in [0.15, 0.2) is 30.3 Å². The summed E-state index contributed by atoms with van der Waals surface area (Å²) in [5.41, 5.74) is 0.488. The predicted molar refractivity (Wildman–Crippen MR) is 94.6 cm³/mol. The van der Waals surface area contributed by atoms with Gasteiger partial charge in [0.15, 0.2) is 0 Å². The zero-order chi connectivity index (χ0) is 18.0. The lowest BCUT2D eigenvalue weighted by molar-refractivity contribution is 0.0331. The van der Waals surface area contributed by atoms with Crippen LogP contribution in [0.2, 0.25) is 0 Å². The third-order valence-electron chi connectivity index (χ3n) is 2.75. The maximum Gasteiger partial charge on any atom is 0.418 e. The number of hydrogen-bond acceptors (Lipinski definition) is 5. The van der Waals surface area contributed by atoms with E-state index in [1.54, 1.807) is 32.5 Å². The number of urea groups is 1. The molecule has 0 aliphatic rings. The van der Waals surface area contributed by atoms with Crippen molar-refractivity contribution in [2.45, 2.75) is 32.1 Å². The highest BCUT2D eigenvalue weighted by atomic mass is 32.2. The number of rotatable bonds is 6. The molecule has 0 unspecified atom stereocenters. The van der Waals surface area contributed by atoms with Crippen LogP contribution in [0.25, 0.3) is 0 Å². The zero-order valence-electron chi connectivity index (χ0n) is 14.2. The van der Waals surface area contributed by atoms with Crippen molar-refractivity contribution < 1.29 is 14.3 Å². The molecule has 3 amide bonds. The number of thioether (sulfide) groups is 1. The SMILES string of the molecule is CC(C)(C)OC(=O)N(CCSCc1ccccc1)C(=O)NCC#N. The molecule has 0 radical (unpaired) electrons. The van der Waals surface area contributed by atoms with E-state index in [1.807, 2.05) is 36.4 Å². The summed E-state index contributed by atoms with van der Waals surface area (Å²) in [4.78, 5) is 25.2. The van der Waals surface area contributed by atoms with Gasteiger partial charge in [0.1, 0.15) is 12.1 Å². The Morgan fingerprint density at radius 2 is 1.96 bits per heavy atom. The van der Waals surface area contributed by atoms with Gasteiger partial charge in [0.25, 0.3) is 0 Å².